The van der Waals surface area contributed by atoms with Crippen LogP contribution in [0, 0.1) is 0 Å². The molecular formula is C7H13NO4S. The van der Waals surface area contributed by atoms with E-state index in [1.807, 2.05) is 0 Å². The third-order valence-corrected chi connectivity index (χ3v) is 3.78. The van der Waals surface area contributed by atoms with Gasteiger partial charge in [0.1, 0.15) is 0 Å². The first-order chi connectivity index (χ1) is 5.95. The molecule has 1 aliphatic heterocycles. The summed E-state index contributed by atoms with van der Waals surface area (Å²) in [6.45, 7) is 0.718. The van der Waals surface area contributed by atoms with Crippen molar-refractivity contribution in [2.24, 2.45) is 0 Å². The fraction of sp³-hybridized carbons (Fsp3) is 0.857. The molecule has 0 bridgehead atoms. The van der Waals surface area contributed by atoms with Crippen LogP contribution in [0.2, 0.25) is 0 Å². The monoisotopic (exact) mass is 207 g/mol. The summed E-state index contributed by atoms with van der Waals surface area (Å²) in [5.74, 6) is 0. The van der Waals surface area contributed by atoms with E-state index in [2.05, 4.69) is 4.74 Å². The number of carbonyl (C=O) groups is 1. The molecule has 1 aliphatic rings. The van der Waals surface area contributed by atoms with Crippen molar-refractivity contribution in [3.8, 4) is 0 Å². The summed E-state index contributed by atoms with van der Waals surface area (Å²) in [5.41, 5.74) is 0. The number of amides is 1. The summed E-state index contributed by atoms with van der Waals surface area (Å²) in [7, 11) is -1.74. The van der Waals surface area contributed by atoms with Crippen LogP contribution in [0.15, 0.2) is 0 Å². The Morgan fingerprint density at radius 2 is 2.15 bits per heavy atom. The molecule has 0 aromatic heterocycles. The van der Waals surface area contributed by atoms with Gasteiger partial charge in [0, 0.05) is 19.3 Å². The van der Waals surface area contributed by atoms with Gasteiger partial charge in [0.2, 0.25) is 0 Å². The van der Waals surface area contributed by atoms with Gasteiger partial charge in [-0.3, -0.25) is 0 Å². The van der Waals surface area contributed by atoms with Gasteiger partial charge in [0.05, 0.1) is 12.4 Å². The minimum absolute atomic E-state index is 0.255. The number of nitrogens with zero attached hydrogens (tertiary/aromatic N) is 1. The number of hydrogen-bond donors (Lipinski definition) is 0. The summed E-state index contributed by atoms with van der Waals surface area (Å²) < 4.78 is 26.7. The first kappa shape index (κ1) is 10.3. The Balaban J connectivity index is 2.60. The van der Waals surface area contributed by atoms with E-state index in [1.54, 1.807) is 0 Å². The number of carbonyl (C=O) groups excluding carboxylic acids is 1. The molecule has 13 heavy (non-hydrogen) atoms. The van der Waals surface area contributed by atoms with Crippen LogP contribution < -0.4 is 0 Å². The van der Waals surface area contributed by atoms with Crippen LogP contribution in [0.5, 0.6) is 0 Å². The Hall–Kier alpha value is -0.780. The molecular weight excluding hydrogens is 194 g/mol. The van der Waals surface area contributed by atoms with Crippen LogP contribution >= 0.6 is 0 Å². The minimum Gasteiger partial charge on any atom is -0.453 e. The van der Waals surface area contributed by atoms with E-state index >= 15 is 0 Å². The molecule has 1 atom stereocenters. The molecule has 6 heteroatoms. The van der Waals surface area contributed by atoms with Crippen molar-refractivity contribution in [1.29, 1.82) is 0 Å². The van der Waals surface area contributed by atoms with Gasteiger partial charge in [-0.15, -0.1) is 0 Å². The molecule has 0 N–H and O–H groups in total. The van der Waals surface area contributed by atoms with Crippen LogP contribution in [0.4, 0.5) is 4.79 Å². The van der Waals surface area contributed by atoms with Crippen molar-refractivity contribution in [1.82, 2.24) is 4.90 Å². The average Bonchev–Trinajstić information content (AvgIpc) is 2.50. The third kappa shape index (κ3) is 2.33. The molecule has 1 saturated heterocycles. The van der Waals surface area contributed by atoms with Crippen molar-refractivity contribution in [2.75, 3.05) is 26.5 Å². The second-order valence-electron chi connectivity index (χ2n) is 3.16. The maximum Gasteiger partial charge on any atom is 0.409 e. The highest BCUT2D eigenvalue weighted by Gasteiger charge is 2.32. The molecule has 0 saturated carbocycles. The smallest absolute Gasteiger partial charge is 0.409 e. The van der Waals surface area contributed by atoms with Crippen LogP contribution in [-0.2, 0) is 14.6 Å². The Morgan fingerprint density at radius 3 is 2.54 bits per heavy atom. The van der Waals surface area contributed by atoms with E-state index in [0.717, 1.165) is 0 Å². The van der Waals surface area contributed by atoms with Gasteiger partial charge < -0.3 is 9.64 Å². The molecule has 1 unspecified atom stereocenters. The number of rotatable bonds is 1. The fourth-order valence-electron chi connectivity index (χ4n) is 1.37. The molecule has 76 valence electrons. The van der Waals surface area contributed by atoms with Crippen molar-refractivity contribution < 1.29 is 17.9 Å². The van der Waals surface area contributed by atoms with Crippen LogP contribution in [-0.4, -0.2) is 51.1 Å². The number of likely N-dealkylation sites (tertiary alicyclic amines) is 1. The van der Waals surface area contributed by atoms with Crippen molar-refractivity contribution in [3.05, 3.63) is 0 Å². The molecule has 0 radical (unpaired) electrons. The van der Waals surface area contributed by atoms with Crippen molar-refractivity contribution in [2.45, 2.75) is 11.7 Å². The first-order valence-electron chi connectivity index (χ1n) is 3.97. The highest BCUT2D eigenvalue weighted by atomic mass is 32.2. The molecule has 1 heterocycles. The topological polar surface area (TPSA) is 63.7 Å². The highest BCUT2D eigenvalue weighted by molar-refractivity contribution is 7.91. The number of hydrogen-bond acceptors (Lipinski definition) is 4. The Kier molecular flexibility index (Phi) is 2.80. The Bertz CT molecular complexity index is 298. The van der Waals surface area contributed by atoms with E-state index in [1.165, 1.54) is 18.3 Å². The predicted octanol–water partition coefficient (Wildman–Crippen LogP) is -0.128. The number of ether oxygens (including phenoxy) is 1. The lowest BCUT2D eigenvalue weighted by Gasteiger charge is -2.13. The van der Waals surface area contributed by atoms with Gasteiger partial charge in [-0.25, -0.2) is 13.2 Å². The second kappa shape index (κ2) is 3.53. The molecule has 5 nitrogen and oxygen atoms in total. The third-order valence-electron chi connectivity index (χ3n) is 2.18. The zero-order valence-corrected chi connectivity index (χ0v) is 8.50. The predicted molar refractivity (Wildman–Crippen MR) is 47.2 cm³/mol. The summed E-state index contributed by atoms with van der Waals surface area (Å²) in [6.07, 6.45) is 1.25. The van der Waals surface area contributed by atoms with Gasteiger partial charge in [-0.1, -0.05) is 0 Å². The molecule has 1 amide bonds. The Morgan fingerprint density at radius 1 is 1.54 bits per heavy atom. The number of methoxy groups -OCH3 is 1. The lowest BCUT2D eigenvalue weighted by molar-refractivity contribution is 0.133. The molecule has 0 aromatic rings. The maximum absolute atomic E-state index is 11.1. The van der Waals surface area contributed by atoms with Crippen LogP contribution in [0.1, 0.15) is 6.42 Å². The zero-order valence-electron chi connectivity index (χ0n) is 7.69. The second-order valence-corrected chi connectivity index (χ2v) is 5.48. The van der Waals surface area contributed by atoms with E-state index < -0.39 is 21.2 Å². The summed E-state index contributed by atoms with van der Waals surface area (Å²) in [4.78, 5) is 12.4. The molecule has 1 fully saturated rings. The first-order valence-corrected chi connectivity index (χ1v) is 5.92. The Labute approximate surface area is 77.6 Å². The summed E-state index contributed by atoms with van der Waals surface area (Å²) >= 11 is 0. The SMILES string of the molecule is COC(=O)N1CCC(S(C)(=O)=O)C1. The lowest BCUT2D eigenvalue weighted by atomic mass is 10.4. The zero-order chi connectivity index (χ0) is 10.1. The normalized spacial score (nSPS) is 23.2. The van der Waals surface area contributed by atoms with Crippen molar-refractivity contribution in [3.63, 3.8) is 0 Å². The fourth-order valence-corrected chi connectivity index (χ4v) is 2.36. The number of sulfone groups is 1. The molecule has 0 spiro atoms. The standard InChI is InChI=1S/C7H13NO4S/c1-12-7(9)8-4-3-6(5-8)13(2,10)11/h6H,3-5H2,1-2H3. The summed E-state index contributed by atoms with van der Waals surface area (Å²) in [5, 5.41) is -0.424. The van der Waals surface area contributed by atoms with Gasteiger partial charge in [0.25, 0.3) is 0 Å². The quantitative estimate of drug-likeness (QED) is 0.601. The van der Waals surface area contributed by atoms with E-state index in [4.69, 9.17) is 0 Å². The van der Waals surface area contributed by atoms with Crippen LogP contribution in [0.25, 0.3) is 0 Å². The maximum atomic E-state index is 11.1. The van der Waals surface area contributed by atoms with Crippen molar-refractivity contribution >= 4 is 15.9 Å². The summed E-state index contributed by atoms with van der Waals surface area (Å²) in [6, 6.07) is 0. The van der Waals surface area contributed by atoms with Crippen LogP contribution in [0.3, 0.4) is 0 Å². The van der Waals surface area contributed by atoms with Gasteiger partial charge in [0.15, 0.2) is 9.84 Å². The lowest BCUT2D eigenvalue weighted by Crippen LogP contribution is -2.31. The van der Waals surface area contributed by atoms with E-state index in [9.17, 15) is 13.2 Å². The van der Waals surface area contributed by atoms with Gasteiger partial charge >= 0.3 is 6.09 Å². The molecule has 1 rings (SSSR count). The van der Waals surface area contributed by atoms with E-state index in [-0.39, 0.29) is 6.54 Å². The van der Waals surface area contributed by atoms with E-state index in [0.29, 0.717) is 13.0 Å². The van der Waals surface area contributed by atoms with Gasteiger partial charge in [-0.2, -0.15) is 0 Å². The van der Waals surface area contributed by atoms with Gasteiger partial charge in [-0.05, 0) is 6.42 Å². The molecule has 0 aliphatic carbocycles. The molecule has 0 aromatic carbocycles. The minimum atomic E-state index is -3.03. The largest absolute Gasteiger partial charge is 0.453 e. The highest BCUT2D eigenvalue weighted by Crippen LogP contribution is 2.16. The average molecular weight is 207 g/mol.